The van der Waals surface area contributed by atoms with E-state index >= 15 is 0 Å². The molecule has 0 fully saturated rings. The molecule has 1 aromatic heterocycles. The number of hydrogen-bond donors (Lipinski definition) is 1. The zero-order valence-electron chi connectivity index (χ0n) is 9.45. The van der Waals surface area contributed by atoms with Gasteiger partial charge in [0.25, 0.3) is 5.91 Å². The maximum absolute atomic E-state index is 12.0. The second kappa shape index (κ2) is 6.36. The highest BCUT2D eigenvalue weighted by molar-refractivity contribution is 9.10. The van der Waals surface area contributed by atoms with Gasteiger partial charge in [-0.15, -0.1) is 22.9 Å². The molecule has 2 nitrogen and oxygen atoms in total. The molecule has 0 unspecified atom stereocenters. The smallest absolute Gasteiger partial charge is 0.266 e. The van der Waals surface area contributed by atoms with E-state index in [1.807, 2.05) is 35.7 Å². The highest BCUT2D eigenvalue weighted by atomic mass is 79.9. The monoisotopic (exact) mass is 343 g/mol. The summed E-state index contributed by atoms with van der Waals surface area (Å²) in [6.07, 6.45) is 0.840. The summed E-state index contributed by atoms with van der Waals surface area (Å²) in [4.78, 5) is 12.6. The summed E-state index contributed by atoms with van der Waals surface area (Å²) in [6.45, 7) is 0. The van der Waals surface area contributed by atoms with E-state index in [9.17, 15) is 4.79 Å². The van der Waals surface area contributed by atoms with Crippen LogP contribution in [0.4, 0.5) is 5.69 Å². The van der Waals surface area contributed by atoms with Gasteiger partial charge >= 0.3 is 0 Å². The zero-order valence-corrected chi connectivity index (χ0v) is 12.6. The summed E-state index contributed by atoms with van der Waals surface area (Å²) >= 11 is 10.4. The van der Waals surface area contributed by atoms with E-state index < -0.39 is 0 Å². The molecule has 5 heteroatoms. The summed E-state index contributed by atoms with van der Waals surface area (Å²) in [5.74, 6) is 0.510. The molecule has 0 saturated carbocycles. The summed E-state index contributed by atoms with van der Waals surface area (Å²) in [5, 5.41) is 4.74. The van der Waals surface area contributed by atoms with Crippen LogP contribution in [0.5, 0.6) is 0 Å². The Morgan fingerprint density at radius 2 is 2.00 bits per heavy atom. The Bertz CT molecular complexity index is 538. The molecule has 0 aliphatic carbocycles. The fraction of sp³-hybridized carbons (Fsp3) is 0.154. The molecule has 0 bridgehead atoms. The maximum Gasteiger partial charge on any atom is 0.266 e. The molecule has 0 spiro atoms. The maximum atomic E-state index is 12.0. The van der Waals surface area contributed by atoms with Gasteiger partial charge in [0.15, 0.2) is 0 Å². The molecule has 1 aromatic carbocycles. The van der Waals surface area contributed by atoms with Gasteiger partial charge in [0.1, 0.15) is 4.88 Å². The van der Waals surface area contributed by atoms with Gasteiger partial charge in [0.2, 0.25) is 0 Å². The summed E-state index contributed by atoms with van der Waals surface area (Å²) in [6, 6.07) is 9.59. The lowest BCUT2D eigenvalue weighted by Gasteiger charge is -2.05. The minimum Gasteiger partial charge on any atom is -0.321 e. The number of aryl methyl sites for hydroxylation is 1. The van der Waals surface area contributed by atoms with Gasteiger partial charge < -0.3 is 5.32 Å². The topological polar surface area (TPSA) is 29.1 Å². The molecule has 0 aliphatic rings. The van der Waals surface area contributed by atoms with Crippen molar-refractivity contribution in [2.24, 2.45) is 0 Å². The number of carbonyl (C=O) groups excluding carboxylic acids is 1. The SMILES string of the molecule is O=C(Nc1ccc(CCCl)cc1)c1sccc1Br. The minimum atomic E-state index is -0.0954. The molecular formula is C13H11BrClNOS. The second-order valence-corrected chi connectivity index (χ2v) is 5.84. The van der Waals surface area contributed by atoms with Gasteiger partial charge in [-0.1, -0.05) is 12.1 Å². The fourth-order valence-electron chi connectivity index (χ4n) is 1.51. The van der Waals surface area contributed by atoms with Crippen molar-refractivity contribution >= 4 is 50.5 Å². The number of hydrogen-bond acceptors (Lipinski definition) is 2. The Balaban J connectivity index is 2.05. The van der Waals surface area contributed by atoms with E-state index in [1.165, 1.54) is 16.9 Å². The first-order chi connectivity index (χ1) is 8.70. The Labute approximate surface area is 123 Å². The van der Waals surface area contributed by atoms with E-state index in [0.717, 1.165) is 16.6 Å². The third-order valence-corrected chi connectivity index (χ3v) is 4.44. The average Bonchev–Trinajstić information content (AvgIpc) is 2.78. The lowest BCUT2D eigenvalue weighted by molar-refractivity contribution is 0.103. The number of alkyl halides is 1. The van der Waals surface area contributed by atoms with Crippen LogP contribution in [0.25, 0.3) is 0 Å². The molecule has 18 heavy (non-hydrogen) atoms. The van der Waals surface area contributed by atoms with Gasteiger partial charge in [0.05, 0.1) is 0 Å². The summed E-state index contributed by atoms with van der Waals surface area (Å²) in [7, 11) is 0. The first kappa shape index (κ1) is 13.6. The number of carbonyl (C=O) groups is 1. The van der Waals surface area contributed by atoms with Gasteiger partial charge in [-0.2, -0.15) is 0 Å². The third-order valence-electron chi connectivity index (χ3n) is 2.42. The van der Waals surface area contributed by atoms with Crippen LogP contribution in [-0.4, -0.2) is 11.8 Å². The van der Waals surface area contributed by atoms with Crippen molar-refractivity contribution in [1.29, 1.82) is 0 Å². The predicted molar refractivity (Wildman–Crippen MR) is 80.8 cm³/mol. The molecule has 2 rings (SSSR count). The van der Waals surface area contributed by atoms with E-state index in [0.29, 0.717) is 10.8 Å². The lowest BCUT2D eigenvalue weighted by atomic mass is 10.1. The molecule has 0 radical (unpaired) electrons. The van der Waals surface area contributed by atoms with Crippen LogP contribution in [0.15, 0.2) is 40.2 Å². The predicted octanol–water partition coefficient (Wildman–Crippen LogP) is 4.54. The number of amides is 1. The van der Waals surface area contributed by atoms with Crippen LogP contribution < -0.4 is 5.32 Å². The Morgan fingerprint density at radius 1 is 1.28 bits per heavy atom. The standard InChI is InChI=1S/C13H11BrClNOS/c14-11-6-8-18-12(11)13(17)16-10-3-1-9(2-4-10)5-7-15/h1-4,6,8H,5,7H2,(H,16,17). The van der Waals surface area contributed by atoms with Gasteiger partial charge in [0, 0.05) is 16.0 Å². The lowest BCUT2D eigenvalue weighted by Crippen LogP contribution is -2.10. The molecular weight excluding hydrogens is 334 g/mol. The van der Waals surface area contributed by atoms with E-state index in [1.54, 1.807) is 0 Å². The van der Waals surface area contributed by atoms with Gasteiger partial charge in [-0.3, -0.25) is 4.79 Å². The number of anilines is 1. The van der Waals surface area contributed by atoms with Crippen LogP contribution in [0.3, 0.4) is 0 Å². The normalized spacial score (nSPS) is 10.3. The van der Waals surface area contributed by atoms with Crippen molar-refractivity contribution in [3.8, 4) is 0 Å². The number of halogens is 2. The average molecular weight is 345 g/mol. The first-order valence-corrected chi connectivity index (χ1v) is 7.60. The van der Waals surface area contributed by atoms with Crippen molar-refractivity contribution in [2.45, 2.75) is 6.42 Å². The Hall–Kier alpha value is -0.840. The highest BCUT2D eigenvalue weighted by Crippen LogP contribution is 2.23. The molecule has 2 aromatic rings. The second-order valence-electron chi connectivity index (χ2n) is 3.69. The van der Waals surface area contributed by atoms with Crippen molar-refractivity contribution in [1.82, 2.24) is 0 Å². The van der Waals surface area contributed by atoms with Crippen molar-refractivity contribution in [2.75, 3.05) is 11.2 Å². The van der Waals surface area contributed by atoms with Crippen LogP contribution in [0, 0.1) is 0 Å². The molecule has 1 heterocycles. The van der Waals surface area contributed by atoms with Gasteiger partial charge in [-0.05, 0) is 51.5 Å². The van der Waals surface area contributed by atoms with E-state index in [4.69, 9.17) is 11.6 Å². The Kier molecular flexibility index (Phi) is 4.80. The first-order valence-electron chi connectivity index (χ1n) is 5.40. The van der Waals surface area contributed by atoms with E-state index in [2.05, 4.69) is 21.2 Å². The molecule has 0 saturated heterocycles. The van der Waals surface area contributed by atoms with Crippen molar-refractivity contribution in [3.63, 3.8) is 0 Å². The fourth-order valence-corrected chi connectivity index (χ4v) is 3.17. The van der Waals surface area contributed by atoms with Crippen LogP contribution in [0.2, 0.25) is 0 Å². The third kappa shape index (κ3) is 3.34. The number of benzene rings is 1. The van der Waals surface area contributed by atoms with Crippen molar-refractivity contribution in [3.05, 3.63) is 50.6 Å². The largest absolute Gasteiger partial charge is 0.321 e. The molecule has 0 aliphatic heterocycles. The molecule has 94 valence electrons. The molecule has 1 N–H and O–H groups in total. The molecule has 0 atom stereocenters. The van der Waals surface area contributed by atoms with Crippen LogP contribution in [-0.2, 0) is 6.42 Å². The zero-order chi connectivity index (χ0) is 13.0. The summed E-state index contributed by atoms with van der Waals surface area (Å²) in [5.41, 5.74) is 1.96. The Morgan fingerprint density at radius 3 is 2.56 bits per heavy atom. The number of thiophene rings is 1. The number of nitrogens with one attached hydrogen (secondary N) is 1. The van der Waals surface area contributed by atoms with Crippen LogP contribution >= 0.6 is 38.9 Å². The van der Waals surface area contributed by atoms with Gasteiger partial charge in [-0.25, -0.2) is 0 Å². The minimum absolute atomic E-state index is 0.0954. The summed E-state index contributed by atoms with van der Waals surface area (Å²) < 4.78 is 0.823. The molecule has 1 amide bonds. The van der Waals surface area contributed by atoms with Crippen molar-refractivity contribution < 1.29 is 4.79 Å². The number of rotatable bonds is 4. The van der Waals surface area contributed by atoms with E-state index in [-0.39, 0.29) is 5.91 Å². The highest BCUT2D eigenvalue weighted by Gasteiger charge is 2.11. The quantitative estimate of drug-likeness (QED) is 0.810. The van der Waals surface area contributed by atoms with Crippen LogP contribution in [0.1, 0.15) is 15.2 Å².